The third-order valence-corrected chi connectivity index (χ3v) is 2.72. The molecule has 0 aromatic carbocycles. The third-order valence-electron chi connectivity index (χ3n) is 1.95. The number of aryl methyl sites for hydroxylation is 1. The Morgan fingerprint density at radius 2 is 2.36 bits per heavy atom. The quantitative estimate of drug-likeness (QED) is 0.712. The van der Waals surface area contributed by atoms with Gasteiger partial charge in [0.15, 0.2) is 12.1 Å². The number of thiazole rings is 1. The first kappa shape index (κ1) is 9.76. The van der Waals surface area contributed by atoms with Gasteiger partial charge >= 0.3 is 0 Å². The van der Waals surface area contributed by atoms with Crippen molar-refractivity contribution in [2.45, 2.75) is 19.6 Å². The molecule has 2 rings (SSSR count). The Balaban J connectivity index is 1.95. The van der Waals surface area contributed by atoms with Gasteiger partial charge in [0, 0.05) is 5.38 Å². The standard InChI is InChI=1S/C9H11NO3S/c1-6-10-7(5-14-6)8(11)4-9-12-2-3-13-9/h5,9H,2-4H2,1H3. The van der Waals surface area contributed by atoms with Crippen LogP contribution < -0.4 is 0 Å². The molecular weight excluding hydrogens is 202 g/mol. The van der Waals surface area contributed by atoms with Crippen LogP contribution in [0.4, 0.5) is 0 Å². The van der Waals surface area contributed by atoms with E-state index in [1.54, 1.807) is 5.38 Å². The minimum atomic E-state index is -0.371. The van der Waals surface area contributed by atoms with Crippen molar-refractivity contribution in [1.82, 2.24) is 4.98 Å². The lowest BCUT2D eigenvalue weighted by atomic mass is 10.2. The maximum Gasteiger partial charge on any atom is 0.187 e. The lowest BCUT2D eigenvalue weighted by Gasteiger charge is -2.05. The molecule has 0 spiro atoms. The highest BCUT2D eigenvalue weighted by Crippen LogP contribution is 2.14. The van der Waals surface area contributed by atoms with Crippen LogP contribution in [0.5, 0.6) is 0 Å². The largest absolute Gasteiger partial charge is 0.350 e. The number of Topliss-reactive ketones (excluding diaryl/α,β-unsaturated/α-hetero) is 1. The van der Waals surface area contributed by atoms with Crippen LogP contribution in [0, 0.1) is 6.92 Å². The molecule has 2 heterocycles. The van der Waals surface area contributed by atoms with Gasteiger partial charge in [0.25, 0.3) is 0 Å². The molecule has 0 saturated carbocycles. The van der Waals surface area contributed by atoms with Crippen LogP contribution in [-0.4, -0.2) is 30.3 Å². The second-order valence-corrected chi connectivity index (χ2v) is 4.11. The van der Waals surface area contributed by atoms with E-state index in [1.165, 1.54) is 11.3 Å². The molecule has 0 radical (unpaired) electrons. The van der Waals surface area contributed by atoms with E-state index in [4.69, 9.17) is 9.47 Å². The van der Waals surface area contributed by atoms with Gasteiger partial charge in [-0.2, -0.15) is 0 Å². The summed E-state index contributed by atoms with van der Waals surface area (Å²) in [7, 11) is 0. The second-order valence-electron chi connectivity index (χ2n) is 3.05. The maximum atomic E-state index is 11.6. The van der Waals surface area contributed by atoms with Crippen molar-refractivity contribution >= 4 is 17.1 Å². The molecule has 1 aromatic rings. The van der Waals surface area contributed by atoms with E-state index in [0.717, 1.165) is 5.01 Å². The first-order valence-corrected chi connectivity index (χ1v) is 5.32. The Morgan fingerprint density at radius 3 is 2.93 bits per heavy atom. The summed E-state index contributed by atoms with van der Waals surface area (Å²) in [4.78, 5) is 15.7. The van der Waals surface area contributed by atoms with Crippen LogP contribution in [0.3, 0.4) is 0 Å². The van der Waals surface area contributed by atoms with Gasteiger partial charge < -0.3 is 9.47 Å². The van der Waals surface area contributed by atoms with Gasteiger partial charge in [-0.3, -0.25) is 4.79 Å². The van der Waals surface area contributed by atoms with E-state index in [1.807, 2.05) is 6.92 Å². The van der Waals surface area contributed by atoms with Gasteiger partial charge in [-0.25, -0.2) is 4.98 Å². The molecule has 5 heteroatoms. The van der Waals surface area contributed by atoms with Crippen molar-refractivity contribution in [3.8, 4) is 0 Å². The molecule has 1 fully saturated rings. The van der Waals surface area contributed by atoms with Crippen LogP contribution in [0.2, 0.25) is 0 Å². The molecule has 0 bridgehead atoms. The van der Waals surface area contributed by atoms with Crippen molar-refractivity contribution in [1.29, 1.82) is 0 Å². The Kier molecular flexibility index (Phi) is 2.90. The van der Waals surface area contributed by atoms with E-state index < -0.39 is 0 Å². The molecule has 1 aliphatic heterocycles. The summed E-state index contributed by atoms with van der Waals surface area (Å²) in [5.41, 5.74) is 0.520. The number of aromatic nitrogens is 1. The number of nitrogens with zero attached hydrogens (tertiary/aromatic N) is 1. The molecule has 0 amide bonds. The molecular formula is C9H11NO3S. The smallest absolute Gasteiger partial charge is 0.187 e. The van der Waals surface area contributed by atoms with Crippen LogP contribution in [0.15, 0.2) is 5.38 Å². The number of rotatable bonds is 3. The zero-order valence-electron chi connectivity index (χ0n) is 7.86. The predicted molar refractivity (Wildman–Crippen MR) is 51.5 cm³/mol. The molecule has 1 aliphatic rings. The van der Waals surface area contributed by atoms with Crippen LogP contribution >= 0.6 is 11.3 Å². The molecule has 14 heavy (non-hydrogen) atoms. The number of carbonyl (C=O) groups is 1. The minimum absolute atomic E-state index is 0.0127. The van der Waals surface area contributed by atoms with Gasteiger partial charge in [0.2, 0.25) is 0 Å². The molecule has 1 saturated heterocycles. The average molecular weight is 213 g/mol. The van der Waals surface area contributed by atoms with E-state index in [9.17, 15) is 4.79 Å². The minimum Gasteiger partial charge on any atom is -0.350 e. The summed E-state index contributed by atoms with van der Waals surface area (Å²) >= 11 is 1.48. The lowest BCUT2D eigenvalue weighted by Crippen LogP contribution is -2.14. The first-order valence-electron chi connectivity index (χ1n) is 4.44. The molecule has 0 atom stereocenters. The molecule has 76 valence electrons. The van der Waals surface area contributed by atoms with E-state index in [2.05, 4.69) is 4.98 Å². The van der Waals surface area contributed by atoms with E-state index >= 15 is 0 Å². The Morgan fingerprint density at radius 1 is 1.64 bits per heavy atom. The van der Waals surface area contributed by atoms with Gasteiger partial charge in [0.1, 0.15) is 5.69 Å². The Hall–Kier alpha value is -0.780. The Bertz CT molecular complexity index is 331. The summed E-state index contributed by atoms with van der Waals surface area (Å²) in [6.45, 7) is 3.03. The highest BCUT2D eigenvalue weighted by atomic mass is 32.1. The molecule has 0 unspecified atom stereocenters. The van der Waals surface area contributed by atoms with Crippen LogP contribution in [-0.2, 0) is 9.47 Å². The van der Waals surface area contributed by atoms with Crippen molar-refractivity contribution < 1.29 is 14.3 Å². The average Bonchev–Trinajstić information content (AvgIpc) is 2.75. The van der Waals surface area contributed by atoms with Crippen LogP contribution in [0.1, 0.15) is 21.9 Å². The number of hydrogen-bond acceptors (Lipinski definition) is 5. The molecule has 0 aliphatic carbocycles. The van der Waals surface area contributed by atoms with Gasteiger partial charge in [-0.1, -0.05) is 0 Å². The topological polar surface area (TPSA) is 48.4 Å². The van der Waals surface area contributed by atoms with Crippen molar-refractivity contribution in [3.63, 3.8) is 0 Å². The van der Waals surface area contributed by atoms with Gasteiger partial charge in [0.05, 0.1) is 24.6 Å². The summed E-state index contributed by atoms with van der Waals surface area (Å²) in [5.74, 6) is -0.0127. The fourth-order valence-electron chi connectivity index (χ4n) is 1.27. The summed E-state index contributed by atoms with van der Waals surface area (Å²) in [6, 6.07) is 0. The van der Waals surface area contributed by atoms with Gasteiger partial charge in [-0.05, 0) is 6.92 Å². The van der Waals surface area contributed by atoms with Crippen molar-refractivity contribution in [2.24, 2.45) is 0 Å². The van der Waals surface area contributed by atoms with E-state index in [0.29, 0.717) is 18.9 Å². The third kappa shape index (κ3) is 2.17. The Labute approximate surface area is 85.9 Å². The highest BCUT2D eigenvalue weighted by Gasteiger charge is 2.21. The normalized spacial score (nSPS) is 17.5. The van der Waals surface area contributed by atoms with Crippen molar-refractivity contribution in [3.05, 3.63) is 16.1 Å². The number of carbonyl (C=O) groups excluding carboxylic acids is 1. The number of hydrogen-bond donors (Lipinski definition) is 0. The highest BCUT2D eigenvalue weighted by molar-refractivity contribution is 7.09. The molecule has 0 N–H and O–H groups in total. The fourth-order valence-corrected chi connectivity index (χ4v) is 1.89. The first-order chi connectivity index (χ1) is 6.75. The summed E-state index contributed by atoms with van der Waals surface area (Å²) in [5, 5.41) is 2.67. The molecule has 4 nitrogen and oxygen atoms in total. The maximum absolute atomic E-state index is 11.6. The van der Waals surface area contributed by atoms with Crippen molar-refractivity contribution in [2.75, 3.05) is 13.2 Å². The van der Waals surface area contributed by atoms with Crippen LogP contribution in [0.25, 0.3) is 0 Å². The summed E-state index contributed by atoms with van der Waals surface area (Å²) < 4.78 is 10.4. The number of ketones is 1. The fraction of sp³-hybridized carbons (Fsp3) is 0.556. The van der Waals surface area contributed by atoms with E-state index in [-0.39, 0.29) is 18.5 Å². The molecule has 1 aromatic heterocycles. The second kappa shape index (κ2) is 4.16. The zero-order chi connectivity index (χ0) is 9.97. The summed E-state index contributed by atoms with van der Waals surface area (Å²) in [6.07, 6.45) is -0.104. The monoisotopic (exact) mass is 213 g/mol. The predicted octanol–water partition coefficient (Wildman–Crippen LogP) is 1.40. The number of ether oxygens (including phenoxy) is 2. The lowest BCUT2D eigenvalue weighted by molar-refractivity contribution is -0.0408. The SMILES string of the molecule is Cc1nc(C(=O)CC2OCCO2)cs1. The zero-order valence-corrected chi connectivity index (χ0v) is 8.67. The van der Waals surface area contributed by atoms with Gasteiger partial charge in [-0.15, -0.1) is 11.3 Å².